The minimum Gasteiger partial charge on any atom is -0.308 e. The van der Waals surface area contributed by atoms with E-state index in [4.69, 9.17) is 0 Å². The molecule has 110 valence electrons. The number of hydrogen-bond donors (Lipinski definition) is 1. The van der Waals surface area contributed by atoms with Crippen molar-refractivity contribution in [1.82, 2.24) is 15.1 Å². The van der Waals surface area contributed by atoms with E-state index in [1.165, 1.54) is 6.26 Å². The highest BCUT2D eigenvalue weighted by atomic mass is 79.9. The molecule has 0 aliphatic rings. The summed E-state index contributed by atoms with van der Waals surface area (Å²) in [5.74, 6) is 0. The fraction of sp³-hybridized carbons (Fsp3) is 0.750. The molecule has 0 radical (unpaired) electrons. The summed E-state index contributed by atoms with van der Waals surface area (Å²) in [6.07, 6.45) is 2.99. The number of nitrogens with zero attached hydrogens (tertiary/aromatic N) is 2. The Morgan fingerprint density at radius 3 is 2.47 bits per heavy atom. The van der Waals surface area contributed by atoms with Crippen LogP contribution in [0.15, 0.2) is 10.7 Å². The van der Waals surface area contributed by atoms with E-state index in [2.05, 4.69) is 26.3 Å². The molecule has 1 aromatic rings. The molecule has 1 heterocycles. The Morgan fingerprint density at radius 2 is 2.05 bits per heavy atom. The summed E-state index contributed by atoms with van der Waals surface area (Å²) in [5, 5.41) is 7.55. The normalized spacial score (nSPS) is 14.6. The van der Waals surface area contributed by atoms with Gasteiger partial charge in [0.1, 0.15) is 0 Å². The maximum Gasteiger partial charge on any atom is 0.154 e. The fourth-order valence-corrected chi connectivity index (χ4v) is 3.15. The molecular weight excluding hydrogens is 330 g/mol. The molecule has 0 aliphatic carbocycles. The average molecular weight is 352 g/mol. The zero-order chi connectivity index (χ0) is 14.8. The minimum atomic E-state index is -3.22. The number of hydrogen-bond acceptors (Lipinski definition) is 4. The van der Waals surface area contributed by atoms with Gasteiger partial charge < -0.3 is 5.32 Å². The van der Waals surface area contributed by atoms with E-state index in [9.17, 15) is 8.42 Å². The van der Waals surface area contributed by atoms with Gasteiger partial charge in [-0.1, -0.05) is 6.92 Å². The molecule has 0 saturated carbocycles. The van der Waals surface area contributed by atoms with Crippen LogP contribution < -0.4 is 5.32 Å². The summed E-state index contributed by atoms with van der Waals surface area (Å²) >= 11 is 3.47. The maximum atomic E-state index is 12.1. The van der Waals surface area contributed by atoms with Crippen molar-refractivity contribution in [2.45, 2.75) is 45.0 Å². The molecule has 0 spiro atoms. The van der Waals surface area contributed by atoms with Gasteiger partial charge in [0.05, 0.1) is 27.2 Å². The van der Waals surface area contributed by atoms with E-state index in [1.807, 2.05) is 18.5 Å². The monoisotopic (exact) mass is 351 g/mol. The van der Waals surface area contributed by atoms with Crippen LogP contribution in [0.3, 0.4) is 0 Å². The molecule has 0 aliphatic heterocycles. The standard InChI is InChI=1S/C12H22BrN3O2S/c1-6-14-11(12(3,4)19(5,17)18)10-9(13)8-15-16(10)7-2/h8,11,14H,6-7H2,1-5H3. The van der Waals surface area contributed by atoms with Crippen LogP contribution in [0.2, 0.25) is 0 Å². The Balaban J connectivity index is 3.40. The molecule has 0 saturated heterocycles. The quantitative estimate of drug-likeness (QED) is 0.852. The second-order valence-corrected chi connectivity index (χ2v) is 8.51. The number of halogens is 1. The third kappa shape index (κ3) is 3.20. The van der Waals surface area contributed by atoms with Gasteiger partial charge in [-0.3, -0.25) is 4.68 Å². The van der Waals surface area contributed by atoms with Gasteiger partial charge in [-0.25, -0.2) is 8.42 Å². The molecule has 0 aromatic carbocycles. The van der Waals surface area contributed by atoms with Crippen molar-refractivity contribution in [1.29, 1.82) is 0 Å². The van der Waals surface area contributed by atoms with E-state index in [-0.39, 0.29) is 6.04 Å². The first-order valence-corrected chi connectivity index (χ1v) is 8.99. The number of sulfone groups is 1. The third-order valence-corrected chi connectivity index (χ3v) is 6.22. The lowest BCUT2D eigenvalue weighted by molar-refractivity contribution is 0.399. The van der Waals surface area contributed by atoms with Crippen LogP contribution >= 0.6 is 15.9 Å². The summed E-state index contributed by atoms with van der Waals surface area (Å²) in [5.41, 5.74) is 0.875. The molecule has 1 unspecified atom stereocenters. The molecule has 0 fully saturated rings. The van der Waals surface area contributed by atoms with Crippen LogP contribution in [-0.4, -0.2) is 35.7 Å². The van der Waals surface area contributed by atoms with Gasteiger partial charge in [0.25, 0.3) is 0 Å². The fourth-order valence-electron chi connectivity index (χ4n) is 2.00. The van der Waals surface area contributed by atoms with Crippen molar-refractivity contribution >= 4 is 25.8 Å². The van der Waals surface area contributed by atoms with Crippen molar-refractivity contribution in [2.24, 2.45) is 0 Å². The first-order valence-electron chi connectivity index (χ1n) is 6.31. The van der Waals surface area contributed by atoms with Crippen LogP contribution in [0.5, 0.6) is 0 Å². The van der Waals surface area contributed by atoms with E-state index in [1.54, 1.807) is 20.0 Å². The van der Waals surface area contributed by atoms with Crippen LogP contribution in [0, 0.1) is 0 Å². The topological polar surface area (TPSA) is 64.0 Å². The minimum absolute atomic E-state index is 0.315. The lowest BCUT2D eigenvalue weighted by Crippen LogP contribution is -2.46. The average Bonchev–Trinajstić information content (AvgIpc) is 2.65. The number of nitrogens with one attached hydrogen (secondary N) is 1. The van der Waals surface area contributed by atoms with Gasteiger partial charge >= 0.3 is 0 Å². The molecular formula is C12H22BrN3O2S. The van der Waals surface area contributed by atoms with E-state index in [0.29, 0.717) is 13.1 Å². The van der Waals surface area contributed by atoms with Crippen molar-refractivity contribution < 1.29 is 8.42 Å². The molecule has 1 rings (SSSR count). The summed E-state index contributed by atoms with van der Waals surface area (Å²) in [6.45, 7) is 8.82. The Morgan fingerprint density at radius 1 is 1.47 bits per heavy atom. The van der Waals surface area contributed by atoms with E-state index in [0.717, 1.165) is 10.2 Å². The van der Waals surface area contributed by atoms with E-state index >= 15 is 0 Å². The molecule has 5 nitrogen and oxygen atoms in total. The Labute approximate surface area is 123 Å². The lowest BCUT2D eigenvalue weighted by Gasteiger charge is -2.33. The van der Waals surface area contributed by atoms with E-state index < -0.39 is 14.6 Å². The summed E-state index contributed by atoms with van der Waals surface area (Å²) < 4.78 is 25.9. The van der Waals surface area contributed by atoms with Gasteiger partial charge in [0.15, 0.2) is 9.84 Å². The van der Waals surface area contributed by atoms with Crippen LogP contribution in [0.4, 0.5) is 0 Å². The predicted octanol–water partition coefficient (Wildman–Crippen LogP) is 2.14. The second kappa shape index (κ2) is 5.93. The van der Waals surface area contributed by atoms with Gasteiger partial charge in [0, 0.05) is 12.8 Å². The second-order valence-electron chi connectivity index (χ2n) is 5.06. The maximum absolute atomic E-state index is 12.1. The zero-order valence-electron chi connectivity index (χ0n) is 12.1. The first kappa shape index (κ1) is 16.7. The summed E-state index contributed by atoms with van der Waals surface area (Å²) in [4.78, 5) is 0. The molecule has 1 atom stereocenters. The van der Waals surface area contributed by atoms with Gasteiger partial charge in [-0.05, 0) is 43.2 Å². The predicted molar refractivity (Wildman–Crippen MR) is 80.9 cm³/mol. The number of rotatable bonds is 6. The SMILES string of the molecule is CCNC(c1c(Br)cnn1CC)C(C)(C)S(C)(=O)=O. The molecule has 0 bridgehead atoms. The van der Waals surface area contributed by atoms with Crippen molar-refractivity contribution in [2.75, 3.05) is 12.8 Å². The van der Waals surface area contributed by atoms with Gasteiger partial charge in [0.2, 0.25) is 0 Å². The lowest BCUT2D eigenvalue weighted by atomic mass is 9.99. The Hall–Kier alpha value is -0.400. The first-order chi connectivity index (χ1) is 8.66. The molecule has 0 amide bonds. The highest BCUT2D eigenvalue weighted by Crippen LogP contribution is 2.35. The molecule has 19 heavy (non-hydrogen) atoms. The van der Waals surface area contributed by atoms with Crippen LogP contribution in [0.25, 0.3) is 0 Å². The molecule has 1 N–H and O–H groups in total. The number of aryl methyl sites for hydroxylation is 1. The highest BCUT2D eigenvalue weighted by Gasteiger charge is 2.42. The third-order valence-electron chi connectivity index (χ3n) is 3.47. The van der Waals surface area contributed by atoms with Gasteiger partial charge in [-0.2, -0.15) is 5.10 Å². The zero-order valence-corrected chi connectivity index (χ0v) is 14.5. The highest BCUT2D eigenvalue weighted by molar-refractivity contribution is 9.10. The summed E-state index contributed by atoms with van der Waals surface area (Å²) in [6, 6.07) is -0.315. The smallest absolute Gasteiger partial charge is 0.154 e. The number of aromatic nitrogens is 2. The largest absolute Gasteiger partial charge is 0.308 e. The van der Waals surface area contributed by atoms with Crippen LogP contribution in [-0.2, 0) is 16.4 Å². The summed E-state index contributed by atoms with van der Waals surface area (Å²) in [7, 11) is -3.22. The van der Waals surface area contributed by atoms with Gasteiger partial charge in [-0.15, -0.1) is 0 Å². The van der Waals surface area contributed by atoms with Crippen molar-refractivity contribution in [3.05, 3.63) is 16.4 Å². The van der Waals surface area contributed by atoms with Crippen molar-refractivity contribution in [3.8, 4) is 0 Å². The molecule has 1 aromatic heterocycles. The molecule has 7 heteroatoms. The Kier molecular flexibility index (Phi) is 5.20. The Bertz CT molecular complexity index is 537. The van der Waals surface area contributed by atoms with Crippen LogP contribution in [0.1, 0.15) is 39.4 Å². The van der Waals surface area contributed by atoms with Crippen molar-refractivity contribution in [3.63, 3.8) is 0 Å².